The SMILES string of the molecule is Cc1c(N)nc([C@H](CC(N)=O)NC[C@H](N)C(=O)O)nc1C(=O)N[C@H](C(=O)N[C@H](C)[C@@H](O)[C@H](C)C(=O)N[C@H](C(=O)NCCc1nc(-c2nc(C(=O)NCCC[S+](C)C)cs2)cs1)[C@@H](C)O)[C@@H](O)c1cnc[nH]1. The Labute approximate surface area is 418 Å². The van der Waals surface area contributed by atoms with E-state index < -0.39 is 102 Å². The van der Waals surface area contributed by atoms with E-state index >= 15 is 0 Å². The van der Waals surface area contributed by atoms with Crippen molar-refractivity contribution in [2.24, 2.45) is 17.4 Å². The highest BCUT2D eigenvalue weighted by Gasteiger charge is 2.37. The molecule has 0 bridgehead atoms. The van der Waals surface area contributed by atoms with Gasteiger partial charge in [0.25, 0.3) is 11.8 Å². The molecule has 71 heavy (non-hydrogen) atoms. The standard InChI is InChI=1S/C42H61N15O11S3/c1-18-29(54-35(57-34(18)45)23(12-27(44)59)49-13-22(43)42(67)68)39(65)56-31(33(61)24-14-46-17-50-24)40(66)51-20(3)32(60)19(2)36(62)55-30(21(4)58)38(64)48-10-8-28-52-26(16-69-28)41-53-25(15-70-41)37(63)47-9-7-11-71(5)6/h14-17,19-23,30-33,49,58,60-61H,7-13,43H2,1-6H3,(H10-,44,45,46,47,48,50,51,54,55,56,57,59,62,63,64,65,66,67,68)/p+1/t19-,20+,21+,22-,23-,30-,31-,32-,33-/m0/s1. The third-order valence-corrected chi connectivity index (χ3v) is 13.7. The Hall–Kier alpha value is -6.21. The number of nitrogen functional groups attached to an aromatic ring is 1. The first kappa shape index (κ1) is 57.4. The molecule has 29 heteroatoms. The van der Waals surface area contributed by atoms with Gasteiger partial charge in [0.05, 0.1) is 65.9 Å². The number of nitrogens with two attached hydrogens (primary N) is 3. The van der Waals surface area contributed by atoms with Crippen LogP contribution >= 0.6 is 22.7 Å². The number of rotatable bonds is 28. The van der Waals surface area contributed by atoms with Crippen molar-refractivity contribution >= 4 is 80.8 Å². The number of carboxylic acid groups (broad SMARTS) is 1. The molecule has 4 heterocycles. The summed E-state index contributed by atoms with van der Waals surface area (Å²) in [4.78, 5) is 114. The summed E-state index contributed by atoms with van der Waals surface area (Å²) >= 11 is 2.61. The van der Waals surface area contributed by atoms with E-state index in [1.165, 1.54) is 62.9 Å². The maximum Gasteiger partial charge on any atom is 0.321 e. The first-order valence-electron chi connectivity index (χ1n) is 22.1. The number of nitrogens with zero attached hydrogens (tertiary/aromatic N) is 5. The molecule has 9 atom stereocenters. The van der Waals surface area contributed by atoms with Crippen LogP contribution in [0.3, 0.4) is 0 Å². The molecule has 4 aromatic rings. The number of hydrogen-bond donors (Lipinski definition) is 14. The zero-order valence-electron chi connectivity index (χ0n) is 39.8. The van der Waals surface area contributed by atoms with E-state index in [0.29, 0.717) is 45.3 Å². The van der Waals surface area contributed by atoms with E-state index in [9.17, 15) is 54.0 Å². The second-order valence-corrected chi connectivity index (χ2v) is 20.9. The molecule has 0 fully saturated rings. The van der Waals surface area contributed by atoms with Crippen LogP contribution < -0.4 is 49.1 Å². The smallest absolute Gasteiger partial charge is 0.321 e. The maximum absolute atomic E-state index is 13.9. The van der Waals surface area contributed by atoms with Crippen LogP contribution in [-0.4, -0.2) is 166 Å². The average Bonchev–Trinajstić information content (AvgIpc) is 4.13. The van der Waals surface area contributed by atoms with Gasteiger partial charge in [0.2, 0.25) is 23.6 Å². The number of amides is 6. The summed E-state index contributed by atoms with van der Waals surface area (Å²) in [5, 5.41) is 62.6. The first-order valence-corrected chi connectivity index (χ1v) is 26.0. The molecule has 4 aromatic heterocycles. The number of aromatic amines is 1. The molecule has 0 saturated heterocycles. The molecule has 26 nitrogen and oxygen atoms in total. The number of anilines is 1. The number of aromatic nitrogens is 6. The monoisotopic (exact) mass is 1050 g/mol. The van der Waals surface area contributed by atoms with Crippen LogP contribution in [0.1, 0.15) is 88.8 Å². The Balaban J connectivity index is 1.38. The number of hydrogen-bond acceptors (Lipinski definition) is 20. The van der Waals surface area contributed by atoms with Crippen molar-refractivity contribution in [1.29, 1.82) is 0 Å². The molecule has 0 aliphatic carbocycles. The number of carboxylic acids is 1. The van der Waals surface area contributed by atoms with Crippen molar-refractivity contribution in [3.05, 3.63) is 56.8 Å². The Bertz CT molecular complexity index is 2470. The van der Waals surface area contributed by atoms with Gasteiger partial charge in [-0.2, -0.15) is 0 Å². The Morgan fingerprint density at radius 2 is 1.58 bits per heavy atom. The number of aliphatic carboxylic acids is 1. The van der Waals surface area contributed by atoms with Gasteiger partial charge in [-0.15, -0.1) is 22.7 Å². The van der Waals surface area contributed by atoms with Crippen LogP contribution in [0.5, 0.6) is 0 Å². The first-order chi connectivity index (χ1) is 33.5. The lowest BCUT2D eigenvalue weighted by Crippen LogP contribution is -2.57. The molecule has 0 spiro atoms. The van der Waals surface area contributed by atoms with Crippen LogP contribution in [0.25, 0.3) is 10.7 Å². The highest BCUT2D eigenvalue weighted by Crippen LogP contribution is 2.26. The number of thiazole rings is 2. The van der Waals surface area contributed by atoms with Crippen molar-refractivity contribution in [2.75, 3.05) is 43.6 Å². The number of carbonyl (C=O) groups excluding carboxylic acids is 6. The van der Waals surface area contributed by atoms with E-state index in [-0.39, 0.29) is 41.9 Å². The molecule has 6 amide bonds. The summed E-state index contributed by atoms with van der Waals surface area (Å²) in [6.07, 6.45) is 2.61. The molecule has 0 aliphatic rings. The molecule has 0 saturated carbocycles. The second kappa shape index (κ2) is 26.8. The van der Waals surface area contributed by atoms with Gasteiger partial charge in [0.15, 0.2) is 0 Å². The summed E-state index contributed by atoms with van der Waals surface area (Å²) in [7, 11) is 0.293. The van der Waals surface area contributed by atoms with E-state index in [1.54, 1.807) is 10.8 Å². The van der Waals surface area contributed by atoms with Crippen molar-refractivity contribution in [3.63, 3.8) is 0 Å². The van der Waals surface area contributed by atoms with Gasteiger partial charge in [0.1, 0.15) is 63.7 Å². The molecule has 0 radical (unpaired) electrons. The summed E-state index contributed by atoms with van der Waals surface area (Å²) in [6, 6.07) is -7.07. The summed E-state index contributed by atoms with van der Waals surface area (Å²) < 4.78 is 0. The van der Waals surface area contributed by atoms with Crippen LogP contribution in [0, 0.1) is 12.8 Å². The van der Waals surface area contributed by atoms with E-state index in [0.717, 1.165) is 12.2 Å². The number of imidazole rings is 1. The lowest BCUT2D eigenvalue weighted by Gasteiger charge is -2.30. The van der Waals surface area contributed by atoms with Crippen molar-refractivity contribution < 1.29 is 54.0 Å². The minimum absolute atomic E-state index is 0.00939. The normalized spacial score (nSPS) is 15.3. The number of nitrogens with one attached hydrogen (secondary N) is 7. The predicted octanol–water partition coefficient (Wildman–Crippen LogP) is -2.86. The lowest BCUT2D eigenvalue weighted by molar-refractivity contribution is -0.138. The van der Waals surface area contributed by atoms with Crippen LogP contribution in [-0.2, 0) is 41.3 Å². The largest absolute Gasteiger partial charge is 0.480 e. The molecule has 0 aliphatic heterocycles. The summed E-state index contributed by atoms with van der Waals surface area (Å²) in [5.41, 5.74) is 17.6. The summed E-state index contributed by atoms with van der Waals surface area (Å²) in [6.45, 7) is 5.63. The molecular formula is C42H62N15O11S3+. The Kier molecular flexibility index (Phi) is 21.7. The van der Waals surface area contributed by atoms with Crippen LogP contribution in [0.4, 0.5) is 5.82 Å². The van der Waals surface area contributed by atoms with Gasteiger partial charge in [0, 0.05) is 55.2 Å². The fraction of sp³-hybridized carbons (Fsp3) is 0.524. The number of H-pyrrole nitrogens is 1. The maximum atomic E-state index is 13.9. The third kappa shape index (κ3) is 16.7. The van der Waals surface area contributed by atoms with Crippen molar-refractivity contribution in [3.8, 4) is 10.7 Å². The second-order valence-electron chi connectivity index (χ2n) is 16.7. The molecule has 388 valence electrons. The van der Waals surface area contributed by atoms with Crippen LogP contribution in [0.2, 0.25) is 0 Å². The zero-order valence-corrected chi connectivity index (χ0v) is 42.2. The van der Waals surface area contributed by atoms with Gasteiger partial charge >= 0.3 is 5.97 Å². The fourth-order valence-corrected chi connectivity index (χ4v) is 8.94. The van der Waals surface area contributed by atoms with Gasteiger partial charge in [-0.05, 0) is 31.7 Å². The molecule has 17 N–H and O–H groups in total. The summed E-state index contributed by atoms with van der Waals surface area (Å²) in [5.74, 6) is -6.89. The van der Waals surface area contributed by atoms with E-state index in [4.69, 9.17) is 17.2 Å². The number of primary amides is 1. The Morgan fingerprint density at radius 1 is 0.859 bits per heavy atom. The number of carbonyl (C=O) groups is 7. The Morgan fingerprint density at radius 3 is 2.21 bits per heavy atom. The topological polar surface area (TPSA) is 431 Å². The van der Waals surface area contributed by atoms with E-state index in [2.05, 4.69) is 74.3 Å². The quantitative estimate of drug-likeness (QED) is 0.0201. The number of aliphatic hydroxyl groups is 3. The van der Waals surface area contributed by atoms with Crippen molar-refractivity contribution in [2.45, 2.75) is 95.5 Å². The third-order valence-electron chi connectivity index (χ3n) is 10.8. The van der Waals surface area contributed by atoms with Gasteiger partial charge in [-0.3, -0.25) is 33.6 Å². The lowest BCUT2D eigenvalue weighted by atomic mass is 9.96. The van der Waals surface area contributed by atoms with Gasteiger partial charge in [-0.1, -0.05) is 6.92 Å². The molecule has 0 aromatic carbocycles. The van der Waals surface area contributed by atoms with Gasteiger partial charge in [-0.25, -0.2) is 24.9 Å². The highest BCUT2D eigenvalue weighted by molar-refractivity contribution is 7.95. The predicted molar refractivity (Wildman–Crippen MR) is 264 cm³/mol. The minimum atomic E-state index is -1.82. The van der Waals surface area contributed by atoms with Crippen molar-refractivity contribution in [1.82, 2.24) is 61.8 Å². The fourth-order valence-electron chi connectivity index (χ4n) is 6.60. The minimum Gasteiger partial charge on any atom is -0.480 e. The average molecular weight is 1050 g/mol. The molecular weight excluding hydrogens is 987 g/mol. The van der Waals surface area contributed by atoms with E-state index in [1.807, 2.05) is 0 Å². The molecule has 0 unspecified atom stereocenters. The zero-order chi connectivity index (χ0) is 52.7. The molecule has 4 rings (SSSR count). The van der Waals surface area contributed by atoms with Gasteiger partial charge < -0.3 is 74.5 Å². The number of aliphatic hydroxyl groups excluding tert-OH is 3. The van der Waals surface area contributed by atoms with Crippen LogP contribution in [0.15, 0.2) is 23.3 Å². The highest BCUT2D eigenvalue weighted by atomic mass is 32.2.